The normalized spacial score (nSPS) is 11.7. The average molecular weight is 323 g/mol. The molecule has 1 aromatic heterocycles. The number of fused-ring (bicyclic) bond motifs is 1. The molecule has 0 amide bonds. The van der Waals surface area contributed by atoms with Gasteiger partial charge in [-0.1, -0.05) is 6.07 Å². The van der Waals surface area contributed by atoms with E-state index in [1.807, 2.05) is 19.9 Å². The van der Waals surface area contributed by atoms with Gasteiger partial charge in [0.15, 0.2) is 11.3 Å². The van der Waals surface area contributed by atoms with Crippen LogP contribution in [0, 0.1) is 6.92 Å². The standard InChI is InChI=1S/C19H17NO4/c1-3-23-14-7-5-13(6-8-14)17(21)11-16-19(22)24-18-10-12(2)4-9-15(18)20-16/h4-11,21H,3H2,1-2H3. The number of aromatic nitrogens is 1. The van der Waals surface area contributed by atoms with E-state index in [-0.39, 0.29) is 11.5 Å². The molecule has 0 aliphatic heterocycles. The number of hydrogen-bond acceptors (Lipinski definition) is 5. The van der Waals surface area contributed by atoms with Gasteiger partial charge in [-0.05, 0) is 55.8 Å². The van der Waals surface area contributed by atoms with Crippen molar-refractivity contribution in [2.24, 2.45) is 0 Å². The van der Waals surface area contributed by atoms with E-state index >= 15 is 0 Å². The molecule has 0 aliphatic rings. The van der Waals surface area contributed by atoms with E-state index in [9.17, 15) is 9.90 Å². The molecule has 0 saturated heterocycles. The Morgan fingerprint density at radius 2 is 2.00 bits per heavy atom. The first-order valence-corrected chi connectivity index (χ1v) is 7.62. The fourth-order valence-electron chi connectivity index (χ4n) is 2.32. The second-order valence-corrected chi connectivity index (χ2v) is 5.34. The van der Waals surface area contributed by atoms with Gasteiger partial charge in [-0.3, -0.25) is 0 Å². The zero-order chi connectivity index (χ0) is 17.1. The highest BCUT2D eigenvalue weighted by Gasteiger charge is 2.08. The first kappa shape index (κ1) is 15.8. The molecule has 0 atom stereocenters. The number of hydrogen-bond donors (Lipinski definition) is 1. The Kier molecular flexibility index (Phi) is 4.33. The number of aliphatic hydroxyl groups excluding tert-OH is 1. The summed E-state index contributed by atoms with van der Waals surface area (Å²) >= 11 is 0. The molecular weight excluding hydrogens is 306 g/mol. The number of nitrogens with zero attached hydrogens (tertiary/aromatic N) is 1. The molecule has 5 heteroatoms. The van der Waals surface area contributed by atoms with E-state index in [1.54, 1.807) is 36.4 Å². The van der Waals surface area contributed by atoms with Crippen molar-refractivity contribution in [1.82, 2.24) is 4.98 Å². The number of ether oxygens (including phenoxy) is 1. The Morgan fingerprint density at radius 3 is 2.71 bits per heavy atom. The predicted octanol–water partition coefficient (Wildman–Crippen LogP) is 3.95. The quantitative estimate of drug-likeness (QED) is 0.736. The molecule has 0 fully saturated rings. The minimum atomic E-state index is -0.592. The fraction of sp³-hybridized carbons (Fsp3) is 0.158. The molecule has 3 aromatic rings. The summed E-state index contributed by atoms with van der Waals surface area (Å²) in [6.07, 6.45) is 1.31. The minimum absolute atomic E-state index is 0.0535. The van der Waals surface area contributed by atoms with Crippen molar-refractivity contribution in [2.45, 2.75) is 13.8 Å². The van der Waals surface area contributed by atoms with E-state index < -0.39 is 5.63 Å². The second-order valence-electron chi connectivity index (χ2n) is 5.34. The summed E-state index contributed by atoms with van der Waals surface area (Å²) in [5.74, 6) is 0.650. The summed E-state index contributed by atoms with van der Waals surface area (Å²) in [6, 6.07) is 12.3. The molecule has 1 N–H and O–H groups in total. The Labute approximate surface area is 138 Å². The molecule has 2 aromatic carbocycles. The van der Waals surface area contributed by atoms with Crippen molar-refractivity contribution in [2.75, 3.05) is 6.61 Å². The summed E-state index contributed by atoms with van der Waals surface area (Å²) in [5.41, 5.74) is 1.99. The van der Waals surface area contributed by atoms with Crippen molar-refractivity contribution in [3.8, 4) is 5.75 Å². The highest BCUT2D eigenvalue weighted by molar-refractivity contribution is 5.78. The van der Waals surface area contributed by atoms with Crippen molar-refractivity contribution in [3.05, 3.63) is 69.7 Å². The van der Waals surface area contributed by atoms with Crippen LogP contribution in [-0.4, -0.2) is 16.7 Å². The van der Waals surface area contributed by atoms with E-state index in [1.165, 1.54) is 6.08 Å². The van der Waals surface area contributed by atoms with E-state index in [4.69, 9.17) is 9.15 Å². The van der Waals surface area contributed by atoms with Crippen molar-refractivity contribution in [3.63, 3.8) is 0 Å². The maximum Gasteiger partial charge on any atom is 0.362 e. The van der Waals surface area contributed by atoms with Crippen LogP contribution in [0.2, 0.25) is 0 Å². The van der Waals surface area contributed by atoms with Gasteiger partial charge in [0.2, 0.25) is 0 Å². The average Bonchev–Trinajstić information content (AvgIpc) is 2.56. The molecule has 0 saturated carbocycles. The molecule has 122 valence electrons. The monoisotopic (exact) mass is 323 g/mol. The highest BCUT2D eigenvalue weighted by atomic mass is 16.5. The van der Waals surface area contributed by atoms with Gasteiger partial charge in [-0.25, -0.2) is 9.78 Å². The molecule has 0 bridgehead atoms. The van der Waals surface area contributed by atoms with E-state index in [0.29, 0.717) is 29.0 Å². The van der Waals surface area contributed by atoms with Crippen molar-refractivity contribution >= 4 is 22.9 Å². The second kappa shape index (κ2) is 6.58. The summed E-state index contributed by atoms with van der Waals surface area (Å²) < 4.78 is 10.6. The first-order valence-electron chi connectivity index (χ1n) is 7.62. The molecule has 0 aliphatic carbocycles. The molecular formula is C19H17NO4. The van der Waals surface area contributed by atoms with Gasteiger partial charge in [-0.2, -0.15) is 0 Å². The lowest BCUT2D eigenvalue weighted by Gasteiger charge is -2.04. The molecule has 1 heterocycles. The van der Waals surface area contributed by atoms with Gasteiger partial charge in [0, 0.05) is 11.6 Å². The van der Waals surface area contributed by atoms with Crippen molar-refractivity contribution in [1.29, 1.82) is 0 Å². The first-order chi connectivity index (χ1) is 11.6. The van der Waals surface area contributed by atoms with Crippen LogP contribution in [0.4, 0.5) is 0 Å². The number of aliphatic hydroxyl groups is 1. The predicted molar refractivity (Wildman–Crippen MR) is 93.1 cm³/mol. The van der Waals surface area contributed by atoms with Crippen LogP contribution >= 0.6 is 0 Å². The molecule has 24 heavy (non-hydrogen) atoms. The largest absolute Gasteiger partial charge is 0.507 e. The third-order valence-electron chi connectivity index (χ3n) is 3.50. The number of rotatable bonds is 4. The third-order valence-corrected chi connectivity index (χ3v) is 3.50. The summed E-state index contributed by atoms with van der Waals surface area (Å²) in [4.78, 5) is 16.3. The Balaban J connectivity index is 1.97. The zero-order valence-electron chi connectivity index (χ0n) is 13.4. The minimum Gasteiger partial charge on any atom is -0.507 e. The van der Waals surface area contributed by atoms with Crippen LogP contribution in [0.5, 0.6) is 5.75 Å². The Morgan fingerprint density at radius 1 is 1.25 bits per heavy atom. The van der Waals surface area contributed by atoms with Crippen molar-refractivity contribution < 1.29 is 14.3 Å². The molecule has 0 unspecified atom stereocenters. The summed E-state index contributed by atoms with van der Waals surface area (Å²) in [6.45, 7) is 4.38. The Bertz CT molecular complexity index is 955. The van der Waals surface area contributed by atoms with Gasteiger partial charge in [-0.15, -0.1) is 0 Å². The highest BCUT2D eigenvalue weighted by Crippen LogP contribution is 2.19. The van der Waals surface area contributed by atoms with Gasteiger partial charge in [0.25, 0.3) is 0 Å². The lowest BCUT2D eigenvalue weighted by Crippen LogP contribution is -2.06. The lowest BCUT2D eigenvalue weighted by molar-refractivity contribution is 0.340. The number of aryl methyl sites for hydroxylation is 1. The van der Waals surface area contributed by atoms with Crippen LogP contribution in [0.3, 0.4) is 0 Å². The van der Waals surface area contributed by atoms with Gasteiger partial charge in [0.05, 0.1) is 6.61 Å². The third kappa shape index (κ3) is 3.30. The zero-order valence-corrected chi connectivity index (χ0v) is 13.4. The number of benzene rings is 2. The topological polar surface area (TPSA) is 72.6 Å². The van der Waals surface area contributed by atoms with E-state index in [0.717, 1.165) is 5.56 Å². The van der Waals surface area contributed by atoms with Gasteiger partial charge < -0.3 is 14.3 Å². The summed E-state index contributed by atoms with van der Waals surface area (Å²) in [7, 11) is 0. The van der Waals surface area contributed by atoms with E-state index in [2.05, 4.69) is 4.98 Å². The van der Waals surface area contributed by atoms with Crippen LogP contribution in [0.1, 0.15) is 23.7 Å². The molecule has 5 nitrogen and oxygen atoms in total. The maximum absolute atomic E-state index is 12.0. The van der Waals surface area contributed by atoms with Crippen LogP contribution in [-0.2, 0) is 0 Å². The van der Waals surface area contributed by atoms with Crippen LogP contribution < -0.4 is 10.4 Å². The molecule has 3 rings (SSSR count). The van der Waals surface area contributed by atoms with Crippen LogP contribution in [0.15, 0.2) is 51.7 Å². The van der Waals surface area contributed by atoms with Gasteiger partial charge in [0.1, 0.15) is 17.0 Å². The SMILES string of the molecule is CCOc1ccc(C(O)=Cc2nc3ccc(C)cc3oc2=O)cc1. The van der Waals surface area contributed by atoms with Gasteiger partial charge >= 0.3 is 5.63 Å². The Hall–Kier alpha value is -3.08. The molecule has 0 spiro atoms. The van der Waals surface area contributed by atoms with Crippen LogP contribution in [0.25, 0.3) is 22.9 Å². The lowest BCUT2D eigenvalue weighted by atomic mass is 10.1. The fourth-order valence-corrected chi connectivity index (χ4v) is 2.32. The summed E-state index contributed by atoms with van der Waals surface area (Å²) in [5, 5.41) is 10.2. The smallest absolute Gasteiger partial charge is 0.362 e. The maximum atomic E-state index is 12.0. The molecule has 0 radical (unpaired) electrons.